The van der Waals surface area contributed by atoms with E-state index < -0.39 is 0 Å². The van der Waals surface area contributed by atoms with E-state index >= 15 is 0 Å². The van der Waals surface area contributed by atoms with Crippen LogP contribution in [-0.4, -0.2) is 9.97 Å². The van der Waals surface area contributed by atoms with Crippen LogP contribution in [0.4, 0.5) is 5.95 Å². The van der Waals surface area contributed by atoms with Crippen LogP contribution >= 0.6 is 23.2 Å². The summed E-state index contributed by atoms with van der Waals surface area (Å²) in [5.74, 6) is 0.251. The normalized spacial score (nSPS) is 10.4. The van der Waals surface area contributed by atoms with Gasteiger partial charge in [-0.1, -0.05) is 29.3 Å². The van der Waals surface area contributed by atoms with Crippen molar-refractivity contribution in [1.29, 1.82) is 0 Å². The van der Waals surface area contributed by atoms with Crippen molar-refractivity contribution in [2.75, 3.05) is 5.73 Å². The van der Waals surface area contributed by atoms with Gasteiger partial charge in [0.2, 0.25) is 5.95 Å². The molecular weight excluding hydrogens is 245 g/mol. The van der Waals surface area contributed by atoms with Gasteiger partial charge >= 0.3 is 0 Å². The molecule has 0 unspecified atom stereocenters. The number of rotatable bonds is 2. The van der Waals surface area contributed by atoms with Crippen LogP contribution in [0.15, 0.2) is 30.5 Å². The quantitative estimate of drug-likeness (QED) is 0.896. The predicted molar refractivity (Wildman–Crippen MR) is 65.7 cm³/mol. The van der Waals surface area contributed by atoms with Gasteiger partial charge in [0.1, 0.15) is 0 Å². The number of anilines is 1. The second-order valence-electron chi connectivity index (χ2n) is 3.28. The zero-order valence-corrected chi connectivity index (χ0v) is 9.83. The molecule has 2 N–H and O–H groups in total. The van der Waals surface area contributed by atoms with E-state index in [2.05, 4.69) is 9.97 Å². The third-order valence-electron chi connectivity index (χ3n) is 2.15. The third-order valence-corrected chi connectivity index (χ3v) is 2.86. The Labute approximate surface area is 103 Å². The van der Waals surface area contributed by atoms with Crippen LogP contribution in [-0.2, 0) is 6.42 Å². The highest BCUT2D eigenvalue weighted by atomic mass is 35.5. The first kappa shape index (κ1) is 11.2. The second kappa shape index (κ2) is 4.68. The summed E-state index contributed by atoms with van der Waals surface area (Å²) in [6.45, 7) is 0. The highest BCUT2D eigenvalue weighted by molar-refractivity contribution is 6.36. The molecule has 16 heavy (non-hydrogen) atoms. The van der Waals surface area contributed by atoms with Crippen LogP contribution in [0.5, 0.6) is 0 Å². The number of halogens is 2. The first-order valence-corrected chi connectivity index (χ1v) is 5.42. The molecule has 1 aromatic carbocycles. The molecule has 0 aliphatic carbocycles. The lowest BCUT2D eigenvalue weighted by Gasteiger charge is -2.06. The summed E-state index contributed by atoms with van der Waals surface area (Å²) in [4.78, 5) is 7.93. The minimum absolute atomic E-state index is 0.251. The van der Waals surface area contributed by atoms with Gasteiger partial charge in [0.25, 0.3) is 0 Å². The molecule has 2 rings (SSSR count). The molecule has 1 aromatic heterocycles. The molecule has 3 nitrogen and oxygen atoms in total. The molecule has 0 atom stereocenters. The Morgan fingerprint density at radius 1 is 1.12 bits per heavy atom. The van der Waals surface area contributed by atoms with Gasteiger partial charge in [-0.25, -0.2) is 9.97 Å². The first-order chi connectivity index (χ1) is 7.66. The lowest BCUT2D eigenvalue weighted by Crippen LogP contribution is -1.99. The minimum Gasteiger partial charge on any atom is -0.368 e. The average molecular weight is 254 g/mol. The maximum atomic E-state index is 6.06. The van der Waals surface area contributed by atoms with Gasteiger partial charge in [0.15, 0.2) is 0 Å². The summed E-state index contributed by atoms with van der Waals surface area (Å²) in [6.07, 6.45) is 2.16. The molecule has 0 saturated heterocycles. The van der Waals surface area contributed by atoms with Gasteiger partial charge in [-0.3, -0.25) is 0 Å². The number of aromatic nitrogens is 2. The highest BCUT2D eigenvalue weighted by Crippen LogP contribution is 2.26. The molecule has 5 heteroatoms. The van der Waals surface area contributed by atoms with Crippen molar-refractivity contribution in [2.45, 2.75) is 6.42 Å². The van der Waals surface area contributed by atoms with E-state index in [-0.39, 0.29) is 5.95 Å². The predicted octanol–water partition coefficient (Wildman–Crippen LogP) is 2.96. The molecule has 0 amide bonds. The average Bonchev–Trinajstić information content (AvgIpc) is 2.24. The Kier molecular flexibility index (Phi) is 3.27. The van der Waals surface area contributed by atoms with Crippen LogP contribution in [0.25, 0.3) is 0 Å². The smallest absolute Gasteiger partial charge is 0.220 e. The minimum atomic E-state index is 0.251. The van der Waals surface area contributed by atoms with E-state index in [9.17, 15) is 0 Å². The van der Waals surface area contributed by atoms with Crippen molar-refractivity contribution in [2.24, 2.45) is 0 Å². The van der Waals surface area contributed by atoms with Crippen molar-refractivity contribution < 1.29 is 0 Å². The Hall–Kier alpha value is -1.32. The molecule has 0 aliphatic rings. The molecule has 2 aromatic rings. The number of nitrogens with zero attached hydrogens (tertiary/aromatic N) is 2. The summed E-state index contributed by atoms with van der Waals surface area (Å²) < 4.78 is 0. The number of hydrogen-bond donors (Lipinski definition) is 1. The monoisotopic (exact) mass is 253 g/mol. The van der Waals surface area contributed by atoms with E-state index in [1.807, 2.05) is 6.07 Å². The Morgan fingerprint density at radius 3 is 2.44 bits per heavy atom. The fraction of sp³-hybridized carbons (Fsp3) is 0.0909. The Morgan fingerprint density at radius 2 is 1.81 bits per heavy atom. The molecular formula is C11H9Cl2N3. The van der Waals surface area contributed by atoms with Gasteiger partial charge in [-0.15, -0.1) is 0 Å². The lowest BCUT2D eigenvalue weighted by molar-refractivity contribution is 1.04. The first-order valence-electron chi connectivity index (χ1n) is 4.67. The maximum absolute atomic E-state index is 6.06. The Balaban J connectivity index is 2.34. The number of hydrogen-bond acceptors (Lipinski definition) is 3. The van der Waals surface area contributed by atoms with Crippen LogP contribution < -0.4 is 5.73 Å². The summed E-state index contributed by atoms with van der Waals surface area (Å²) in [5, 5.41) is 1.26. The highest BCUT2D eigenvalue weighted by Gasteiger charge is 2.07. The summed E-state index contributed by atoms with van der Waals surface area (Å²) in [7, 11) is 0. The molecule has 1 heterocycles. The van der Waals surface area contributed by atoms with Crippen molar-refractivity contribution in [3.8, 4) is 0 Å². The van der Waals surface area contributed by atoms with Crippen LogP contribution in [0, 0.1) is 0 Å². The van der Waals surface area contributed by atoms with Gasteiger partial charge in [0.05, 0.1) is 5.69 Å². The maximum Gasteiger partial charge on any atom is 0.220 e. The van der Waals surface area contributed by atoms with Gasteiger partial charge in [-0.2, -0.15) is 0 Å². The summed E-state index contributed by atoms with van der Waals surface area (Å²) in [5.41, 5.74) is 7.15. The zero-order valence-electron chi connectivity index (χ0n) is 8.32. The van der Waals surface area contributed by atoms with E-state index in [1.54, 1.807) is 24.4 Å². The number of nitrogen functional groups attached to an aromatic ring is 1. The van der Waals surface area contributed by atoms with Crippen LogP contribution in [0.3, 0.4) is 0 Å². The molecule has 0 radical (unpaired) electrons. The van der Waals surface area contributed by atoms with E-state index in [0.29, 0.717) is 16.5 Å². The summed E-state index contributed by atoms with van der Waals surface area (Å²) >= 11 is 12.1. The third kappa shape index (κ3) is 2.43. The number of benzene rings is 1. The topological polar surface area (TPSA) is 51.8 Å². The molecule has 0 bridgehead atoms. The van der Waals surface area contributed by atoms with Gasteiger partial charge in [-0.05, 0) is 23.8 Å². The fourth-order valence-corrected chi connectivity index (χ4v) is 1.92. The molecule has 0 fully saturated rings. The standard InChI is InChI=1S/C11H9Cl2N3/c12-9-2-1-3-10(13)8(9)6-7-4-5-15-11(14)16-7/h1-5H,6H2,(H2,14,15,16). The fourth-order valence-electron chi connectivity index (χ4n) is 1.39. The van der Waals surface area contributed by atoms with Crippen molar-refractivity contribution >= 4 is 29.2 Å². The van der Waals surface area contributed by atoms with Gasteiger partial charge < -0.3 is 5.73 Å². The van der Waals surface area contributed by atoms with Crippen molar-refractivity contribution in [1.82, 2.24) is 9.97 Å². The summed E-state index contributed by atoms with van der Waals surface area (Å²) in [6, 6.07) is 7.19. The SMILES string of the molecule is Nc1nccc(Cc2c(Cl)cccc2Cl)n1. The van der Waals surface area contributed by atoms with Crippen molar-refractivity contribution in [3.05, 3.63) is 51.8 Å². The van der Waals surface area contributed by atoms with Crippen LogP contribution in [0.2, 0.25) is 10.0 Å². The van der Waals surface area contributed by atoms with E-state index in [0.717, 1.165) is 11.3 Å². The van der Waals surface area contributed by atoms with Gasteiger partial charge in [0, 0.05) is 22.7 Å². The molecule has 0 saturated carbocycles. The lowest BCUT2D eigenvalue weighted by atomic mass is 10.1. The zero-order chi connectivity index (χ0) is 11.5. The molecule has 0 spiro atoms. The van der Waals surface area contributed by atoms with E-state index in [1.165, 1.54) is 0 Å². The van der Waals surface area contributed by atoms with Crippen LogP contribution in [0.1, 0.15) is 11.3 Å². The molecule has 82 valence electrons. The number of nitrogens with two attached hydrogens (primary N) is 1. The van der Waals surface area contributed by atoms with E-state index in [4.69, 9.17) is 28.9 Å². The van der Waals surface area contributed by atoms with Crippen molar-refractivity contribution in [3.63, 3.8) is 0 Å². The molecule has 0 aliphatic heterocycles. The largest absolute Gasteiger partial charge is 0.368 e. The second-order valence-corrected chi connectivity index (χ2v) is 4.10. The Bertz CT molecular complexity index is 494.